The molecule has 3 amide bonds. The molecule has 12 nitrogen and oxygen atoms in total. The lowest BCUT2D eigenvalue weighted by Crippen LogP contribution is -2.46. The molecule has 0 aromatic heterocycles. The van der Waals surface area contributed by atoms with Gasteiger partial charge in [-0.05, 0) is 32.8 Å². The van der Waals surface area contributed by atoms with Gasteiger partial charge in [0.1, 0.15) is 11.6 Å². The van der Waals surface area contributed by atoms with Crippen molar-refractivity contribution in [1.82, 2.24) is 15.1 Å². The van der Waals surface area contributed by atoms with Gasteiger partial charge in [-0.15, -0.1) is 0 Å². The van der Waals surface area contributed by atoms with E-state index in [0.29, 0.717) is 31.9 Å². The Bertz CT molecular complexity index is 1160. The molecule has 3 atom stereocenters. The molecule has 0 radical (unpaired) electrons. The van der Waals surface area contributed by atoms with Crippen LogP contribution in [0.2, 0.25) is 0 Å². The van der Waals surface area contributed by atoms with E-state index in [-0.39, 0.29) is 37.5 Å². The highest BCUT2D eigenvalue weighted by Gasteiger charge is 2.43. The van der Waals surface area contributed by atoms with Crippen LogP contribution in [0.25, 0.3) is 0 Å². The summed E-state index contributed by atoms with van der Waals surface area (Å²) in [6.45, 7) is 6.58. The van der Waals surface area contributed by atoms with Crippen molar-refractivity contribution in [3.63, 3.8) is 0 Å². The van der Waals surface area contributed by atoms with Gasteiger partial charge in [-0.25, -0.2) is 18.0 Å². The summed E-state index contributed by atoms with van der Waals surface area (Å²) in [7, 11) is -3.80. The molecule has 2 N–H and O–H groups in total. The zero-order valence-electron chi connectivity index (χ0n) is 23.2. The summed E-state index contributed by atoms with van der Waals surface area (Å²) in [5, 5.41) is 12.4. The first kappa shape index (κ1) is 31.3. The van der Waals surface area contributed by atoms with Crippen molar-refractivity contribution in [1.29, 1.82) is 0 Å². The number of hydrogen-bond acceptors (Lipinski definition) is 8. The predicted molar refractivity (Wildman–Crippen MR) is 145 cm³/mol. The molecule has 3 rings (SSSR count). The van der Waals surface area contributed by atoms with Crippen LogP contribution >= 0.6 is 0 Å². The zero-order valence-corrected chi connectivity index (χ0v) is 24.0. The van der Waals surface area contributed by atoms with Gasteiger partial charge in [0.25, 0.3) is 0 Å². The summed E-state index contributed by atoms with van der Waals surface area (Å²) in [5.74, 6) is -4.13. The van der Waals surface area contributed by atoms with Gasteiger partial charge in [-0.3, -0.25) is 9.59 Å². The number of ether oxygens (including phenoxy) is 2. The summed E-state index contributed by atoms with van der Waals surface area (Å²) in [4.78, 5) is 53.6. The second-order valence-electron chi connectivity index (χ2n) is 11.2. The quantitative estimate of drug-likeness (QED) is 0.417. The third-order valence-corrected chi connectivity index (χ3v) is 8.38. The molecule has 0 bridgehead atoms. The van der Waals surface area contributed by atoms with Gasteiger partial charge in [0, 0.05) is 32.5 Å². The standard InChI is InChI=1S/C27H39N3O9S/c1-27(2,3)39-26(35)28-21-15-22(25(33)34)30(16-21)24(32)20(9-10-23(31)29-11-13-38-14-12-29)18-40(36,37)17-19-7-5-4-6-8-19/h4-8,20-22H,9-18H2,1-3H3,(H,28,35)(H,33,34)/t20-,21-,22-/m0/s1. The van der Waals surface area contributed by atoms with Crippen LogP contribution in [0.4, 0.5) is 4.79 Å². The van der Waals surface area contributed by atoms with Gasteiger partial charge < -0.3 is 29.7 Å². The monoisotopic (exact) mass is 581 g/mol. The number of carbonyl (C=O) groups excluding carboxylic acids is 3. The van der Waals surface area contributed by atoms with Crippen LogP contribution in [-0.2, 0) is 39.4 Å². The SMILES string of the molecule is CC(C)(C)OC(=O)N[C@H]1C[C@@H](C(=O)O)N(C(=O)[C@@H](CCC(=O)N2CCOCC2)CS(=O)(=O)Cc2ccccc2)C1. The molecule has 1 aromatic carbocycles. The lowest BCUT2D eigenvalue weighted by atomic mass is 10.0. The Morgan fingerprint density at radius 2 is 1.77 bits per heavy atom. The van der Waals surface area contributed by atoms with E-state index in [2.05, 4.69) is 5.32 Å². The molecule has 0 unspecified atom stereocenters. The van der Waals surface area contributed by atoms with Gasteiger partial charge in [0.05, 0.1) is 36.7 Å². The van der Waals surface area contributed by atoms with Gasteiger partial charge >= 0.3 is 12.1 Å². The van der Waals surface area contributed by atoms with Crippen molar-refractivity contribution in [2.45, 2.75) is 63.5 Å². The van der Waals surface area contributed by atoms with Gasteiger partial charge in [0.15, 0.2) is 9.84 Å². The summed E-state index contributed by atoms with van der Waals surface area (Å²) in [6, 6.07) is 6.58. The topological polar surface area (TPSA) is 160 Å². The van der Waals surface area contributed by atoms with E-state index in [1.54, 1.807) is 56.0 Å². The minimum Gasteiger partial charge on any atom is -0.480 e. The fourth-order valence-corrected chi connectivity index (χ4v) is 6.61. The number of morpholine rings is 1. The van der Waals surface area contributed by atoms with E-state index in [1.165, 1.54) is 0 Å². The number of alkyl carbamates (subject to hydrolysis) is 1. The Morgan fingerprint density at radius 3 is 2.38 bits per heavy atom. The number of benzene rings is 1. The molecule has 2 aliphatic heterocycles. The highest BCUT2D eigenvalue weighted by atomic mass is 32.2. The number of amides is 3. The fourth-order valence-electron chi connectivity index (χ4n) is 4.87. The van der Waals surface area contributed by atoms with Crippen LogP contribution in [0.3, 0.4) is 0 Å². The van der Waals surface area contributed by atoms with Gasteiger partial charge in [0.2, 0.25) is 11.8 Å². The summed E-state index contributed by atoms with van der Waals surface area (Å²) >= 11 is 0. The Morgan fingerprint density at radius 1 is 1.12 bits per heavy atom. The van der Waals surface area contributed by atoms with Crippen LogP contribution in [0.1, 0.15) is 45.6 Å². The van der Waals surface area contributed by atoms with E-state index in [4.69, 9.17) is 9.47 Å². The number of carbonyl (C=O) groups is 4. The Balaban J connectivity index is 1.77. The zero-order chi connectivity index (χ0) is 29.5. The van der Waals surface area contributed by atoms with E-state index in [9.17, 15) is 32.7 Å². The molecule has 40 heavy (non-hydrogen) atoms. The Labute approximate surface area is 234 Å². The summed E-state index contributed by atoms with van der Waals surface area (Å²) in [5.41, 5.74) is -0.209. The molecule has 0 saturated carbocycles. The largest absolute Gasteiger partial charge is 0.480 e. The second-order valence-corrected chi connectivity index (χ2v) is 13.3. The van der Waals surface area contributed by atoms with E-state index >= 15 is 0 Å². The van der Waals surface area contributed by atoms with Crippen molar-refractivity contribution < 1.29 is 42.2 Å². The average Bonchev–Trinajstić information content (AvgIpc) is 3.29. The molecule has 0 spiro atoms. The number of likely N-dealkylation sites (tertiary alicyclic amines) is 1. The number of nitrogens with zero attached hydrogens (tertiary/aromatic N) is 2. The molecule has 222 valence electrons. The summed E-state index contributed by atoms with van der Waals surface area (Å²) in [6.07, 6.45) is -0.927. The Hall–Kier alpha value is -3.19. The molecule has 2 fully saturated rings. The molecule has 2 heterocycles. The highest BCUT2D eigenvalue weighted by molar-refractivity contribution is 7.90. The van der Waals surface area contributed by atoms with Crippen molar-refractivity contribution >= 4 is 33.7 Å². The first-order valence-electron chi connectivity index (χ1n) is 13.4. The number of aliphatic carboxylic acids is 1. The van der Waals surface area contributed by atoms with E-state index in [1.807, 2.05) is 0 Å². The van der Waals surface area contributed by atoms with E-state index in [0.717, 1.165) is 4.90 Å². The van der Waals surface area contributed by atoms with Crippen LogP contribution in [0.15, 0.2) is 30.3 Å². The second kappa shape index (κ2) is 13.4. The maximum absolute atomic E-state index is 13.7. The number of carboxylic acid groups (broad SMARTS) is 1. The molecule has 2 saturated heterocycles. The number of nitrogens with one attached hydrogen (secondary N) is 1. The van der Waals surface area contributed by atoms with Crippen molar-refractivity contribution in [2.24, 2.45) is 5.92 Å². The lowest BCUT2D eigenvalue weighted by Gasteiger charge is -2.29. The summed E-state index contributed by atoms with van der Waals surface area (Å²) < 4.78 is 36.8. The number of rotatable bonds is 10. The van der Waals surface area contributed by atoms with Crippen LogP contribution in [-0.4, -0.2) is 103 Å². The maximum atomic E-state index is 13.7. The minimum absolute atomic E-state index is 0.0590. The van der Waals surface area contributed by atoms with Crippen LogP contribution in [0, 0.1) is 5.92 Å². The highest BCUT2D eigenvalue weighted by Crippen LogP contribution is 2.25. The van der Waals surface area contributed by atoms with E-state index < -0.39 is 57.2 Å². The van der Waals surface area contributed by atoms with Gasteiger partial charge in [-0.2, -0.15) is 0 Å². The number of carboxylic acids is 1. The molecule has 13 heteroatoms. The third-order valence-electron chi connectivity index (χ3n) is 6.69. The Kier molecular flexibility index (Phi) is 10.5. The molecule has 1 aromatic rings. The average molecular weight is 582 g/mol. The molecule has 2 aliphatic rings. The number of sulfone groups is 1. The first-order valence-corrected chi connectivity index (χ1v) is 15.2. The third kappa shape index (κ3) is 9.47. The normalized spacial score (nSPS) is 20.6. The van der Waals surface area contributed by atoms with Crippen molar-refractivity contribution in [2.75, 3.05) is 38.6 Å². The predicted octanol–water partition coefficient (Wildman–Crippen LogP) is 1.44. The van der Waals surface area contributed by atoms with Crippen molar-refractivity contribution in [3.8, 4) is 0 Å². The maximum Gasteiger partial charge on any atom is 0.407 e. The number of hydrogen-bond donors (Lipinski definition) is 2. The minimum atomic E-state index is -3.80. The molecule has 0 aliphatic carbocycles. The molecular weight excluding hydrogens is 542 g/mol. The van der Waals surface area contributed by atoms with Crippen LogP contribution in [0.5, 0.6) is 0 Å². The van der Waals surface area contributed by atoms with Crippen molar-refractivity contribution in [3.05, 3.63) is 35.9 Å². The smallest absolute Gasteiger partial charge is 0.407 e. The lowest BCUT2D eigenvalue weighted by molar-refractivity contribution is -0.150. The fraction of sp³-hybridized carbons (Fsp3) is 0.630. The van der Waals surface area contributed by atoms with Gasteiger partial charge in [-0.1, -0.05) is 30.3 Å². The first-order chi connectivity index (χ1) is 18.7. The van der Waals surface area contributed by atoms with Crippen LogP contribution < -0.4 is 5.32 Å². The molecular formula is C27H39N3O9S.